The lowest BCUT2D eigenvalue weighted by Crippen LogP contribution is -2.39. The van der Waals surface area contributed by atoms with Crippen LogP contribution < -0.4 is 32.0 Å². The van der Waals surface area contributed by atoms with E-state index in [-0.39, 0.29) is 24.1 Å². The van der Waals surface area contributed by atoms with Gasteiger partial charge in [0, 0.05) is 72.3 Å². The third-order valence-electron chi connectivity index (χ3n) is 8.60. The second-order valence-corrected chi connectivity index (χ2v) is 12.6. The number of methoxy groups -OCH3 is 1. The van der Waals surface area contributed by atoms with E-state index in [1.165, 1.54) is 10.6 Å². The molecular formula is C36H35Cl2N7O4. The quantitative estimate of drug-likeness (QED) is 0.146. The Kier molecular flexibility index (Phi) is 10.3. The maximum atomic E-state index is 13.1. The molecule has 252 valence electrons. The van der Waals surface area contributed by atoms with Gasteiger partial charge in [-0.25, -0.2) is 9.97 Å². The minimum atomic E-state index is -0.585. The van der Waals surface area contributed by atoms with Gasteiger partial charge in [-0.05, 0) is 37.1 Å². The molecule has 0 saturated carbocycles. The Hall–Kier alpha value is -4.81. The third-order valence-corrected chi connectivity index (χ3v) is 9.42. The fourth-order valence-corrected chi connectivity index (χ4v) is 6.47. The molecule has 3 aromatic heterocycles. The van der Waals surface area contributed by atoms with Gasteiger partial charge in [0.25, 0.3) is 5.56 Å². The van der Waals surface area contributed by atoms with Crippen molar-refractivity contribution in [2.45, 2.75) is 44.9 Å². The molecule has 1 aliphatic heterocycles. The van der Waals surface area contributed by atoms with E-state index in [1.807, 2.05) is 48.5 Å². The Morgan fingerprint density at radius 1 is 1.02 bits per heavy atom. The number of nitrogens with one attached hydrogen (secondary N) is 3. The number of carbonyl (C=O) groups excluding carboxylic acids is 2. The van der Waals surface area contributed by atoms with Gasteiger partial charge >= 0.3 is 0 Å². The van der Waals surface area contributed by atoms with Crippen LogP contribution in [0.1, 0.15) is 30.9 Å². The number of aromatic nitrogens is 3. The maximum absolute atomic E-state index is 13.1. The van der Waals surface area contributed by atoms with Crippen molar-refractivity contribution in [3.8, 4) is 39.4 Å². The highest BCUT2D eigenvalue weighted by Gasteiger charge is 2.21. The molecule has 6 rings (SSSR count). The van der Waals surface area contributed by atoms with Crippen molar-refractivity contribution in [1.82, 2.24) is 30.3 Å². The minimum Gasteiger partial charge on any atom is -0.481 e. The lowest BCUT2D eigenvalue weighted by Gasteiger charge is -2.16. The molecule has 13 heteroatoms. The largest absolute Gasteiger partial charge is 0.481 e. The third kappa shape index (κ3) is 7.30. The molecule has 1 saturated heterocycles. The topological polar surface area (TPSA) is 153 Å². The van der Waals surface area contributed by atoms with Gasteiger partial charge in [-0.15, -0.1) is 0 Å². The Morgan fingerprint density at radius 3 is 2.43 bits per heavy atom. The van der Waals surface area contributed by atoms with E-state index in [2.05, 4.69) is 20.9 Å². The number of fused-ring (bicyclic) bond motifs is 1. The highest BCUT2D eigenvalue weighted by Crippen LogP contribution is 2.42. The van der Waals surface area contributed by atoms with E-state index in [9.17, 15) is 14.4 Å². The van der Waals surface area contributed by atoms with Crippen LogP contribution in [0, 0.1) is 0 Å². The van der Waals surface area contributed by atoms with Gasteiger partial charge < -0.3 is 26.4 Å². The first-order valence-electron chi connectivity index (χ1n) is 15.8. The molecule has 1 unspecified atom stereocenters. The van der Waals surface area contributed by atoms with Crippen LogP contribution in [0.4, 0.5) is 0 Å². The molecule has 49 heavy (non-hydrogen) atoms. The normalized spacial score (nSPS) is 14.9. The van der Waals surface area contributed by atoms with E-state index in [4.69, 9.17) is 38.7 Å². The summed E-state index contributed by atoms with van der Waals surface area (Å²) in [4.78, 5) is 45.2. The first kappa shape index (κ1) is 34.1. The molecule has 2 amide bonds. The van der Waals surface area contributed by atoms with E-state index in [1.54, 1.807) is 32.4 Å². The van der Waals surface area contributed by atoms with Crippen LogP contribution >= 0.6 is 23.2 Å². The van der Waals surface area contributed by atoms with Crippen LogP contribution in [-0.2, 0) is 22.7 Å². The highest BCUT2D eigenvalue weighted by molar-refractivity contribution is 6.39. The molecule has 1 aliphatic rings. The van der Waals surface area contributed by atoms with Crippen molar-refractivity contribution in [1.29, 1.82) is 0 Å². The average molecular weight is 701 g/mol. The van der Waals surface area contributed by atoms with Gasteiger partial charge in [-0.2, -0.15) is 0 Å². The Bertz CT molecular complexity index is 2120. The van der Waals surface area contributed by atoms with Crippen LogP contribution in [0.3, 0.4) is 0 Å². The van der Waals surface area contributed by atoms with Gasteiger partial charge in [-0.3, -0.25) is 18.8 Å². The van der Waals surface area contributed by atoms with E-state index in [0.717, 1.165) is 39.8 Å². The molecule has 2 aromatic carbocycles. The summed E-state index contributed by atoms with van der Waals surface area (Å²) in [7, 11) is 1.58. The predicted molar refractivity (Wildman–Crippen MR) is 191 cm³/mol. The summed E-state index contributed by atoms with van der Waals surface area (Å²) in [6.45, 7) is 2.98. The highest BCUT2D eigenvalue weighted by atomic mass is 35.5. The second-order valence-electron chi connectivity index (χ2n) is 11.9. The molecule has 5 N–H and O–H groups in total. The number of halogens is 2. The number of nitrogens with two attached hydrogens (primary N) is 1. The summed E-state index contributed by atoms with van der Waals surface area (Å²) in [5.41, 5.74) is 11.1. The van der Waals surface area contributed by atoms with E-state index >= 15 is 0 Å². The molecule has 0 radical (unpaired) electrons. The van der Waals surface area contributed by atoms with Gasteiger partial charge in [0.2, 0.25) is 17.7 Å². The monoisotopic (exact) mass is 699 g/mol. The second kappa shape index (κ2) is 14.8. The number of rotatable bonds is 12. The smallest absolute Gasteiger partial charge is 0.262 e. The van der Waals surface area contributed by atoms with Gasteiger partial charge in [0.15, 0.2) is 0 Å². The van der Waals surface area contributed by atoms with Crippen LogP contribution in [0.5, 0.6) is 5.88 Å². The molecule has 11 nitrogen and oxygen atoms in total. The number of ether oxygens (including phenoxy) is 1. The molecule has 0 spiro atoms. The SMILES string of the molecule is COc1nc(-c2cccc(-c3cccc(-c4ccn5c(=O)c(CNC(C)C(N)=O)cnc5c4)c3Cl)c2Cl)ccc1CNC[C@@H]1CCC(=O)N1. The van der Waals surface area contributed by atoms with Crippen molar-refractivity contribution in [3.63, 3.8) is 0 Å². The number of nitrogens with zero attached hydrogens (tertiary/aromatic N) is 3. The number of hydrogen-bond donors (Lipinski definition) is 4. The zero-order chi connectivity index (χ0) is 34.7. The number of amides is 2. The Balaban J connectivity index is 1.26. The fourth-order valence-electron chi connectivity index (χ4n) is 5.81. The molecule has 5 aromatic rings. The summed E-state index contributed by atoms with van der Waals surface area (Å²) in [6.07, 6.45) is 4.53. The molecule has 2 atom stereocenters. The van der Waals surface area contributed by atoms with Crippen molar-refractivity contribution in [2.75, 3.05) is 13.7 Å². The van der Waals surface area contributed by atoms with Crippen LogP contribution in [0.15, 0.2) is 77.9 Å². The summed E-state index contributed by atoms with van der Waals surface area (Å²) in [6, 6.07) is 18.4. The Labute approximate surface area is 292 Å². The van der Waals surface area contributed by atoms with Crippen molar-refractivity contribution in [2.24, 2.45) is 5.73 Å². The van der Waals surface area contributed by atoms with Crippen molar-refractivity contribution < 1.29 is 14.3 Å². The molecule has 0 aliphatic carbocycles. The summed E-state index contributed by atoms with van der Waals surface area (Å²) in [5, 5.41) is 10.2. The van der Waals surface area contributed by atoms with Gasteiger partial charge in [-0.1, -0.05) is 65.7 Å². The molecule has 4 heterocycles. The molecule has 0 bridgehead atoms. The van der Waals surface area contributed by atoms with Crippen molar-refractivity contribution >= 4 is 40.7 Å². The number of benzene rings is 2. The predicted octanol–water partition coefficient (Wildman–Crippen LogP) is 4.74. The lowest BCUT2D eigenvalue weighted by atomic mass is 9.97. The number of hydrogen-bond acceptors (Lipinski definition) is 8. The fraction of sp³-hybridized carbons (Fsp3) is 0.250. The Morgan fingerprint density at radius 2 is 1.73 bits per heavy atom. The van der Waals surface area contributed by atoms with Crippen molar-refractivity contribution in [3.05, 3.63) is 105 Å². The summed E-state index contributed by atoms with van der Waals surface area (Å²) >= 11 is 14.1. The molecule has 1 fully saturated rings. The van der Waals surface area contributed by atoms with Gasteiger partial charge in [0.1, 0.15) is 5.65 Å². The maximum Gasteiger partial charge on any atom is 0.262 e. The first-order chi connectivity index (χ1) is 23.6. The lowest BCUT2D eigenvalue weighted by molar-refractivity contribution is -0.120. The first-order valence-corrected chi connectivity index (χ1v) is 16.5. The van der Waals surface area contributed by atoms with Crippen LogP contribution in [0.25, 0.3) is 39.2 Å². The average Bonchev–Trinajstić information content (AvgIpc) is 3.52. The standard InChI is InChI=1S/C36H35Cl2N7O4/c1-20(34(39)47)41-17-23-18-42-30-15-21(13-14-45(30)36(23)48)25-5-3-6-26(32(25)37)27-7-4-8-28(33(27)38)29-11-9-22(35(44-29)49-2)16-40-19-24-10-12-31(46)43-24/h3-9,11,13-15,18,20,24,40-41H,10,12,16-17,19H2,1-2H3,(H2,39,47)(H,43,46)/t20?,24-/m0/s1. The number of pyridine rings is 2. The van der Waals surface area contributed by atoms with E-state index < -0.39 is 11.9 Å². The number of carbonyl (C=O) groups is 2. The zero-order valence-electron chi connectivity index (χ0n) is 26.9. The van der Waals surface area contributed by atoms with Crippen LogP contribution in [0.2, 0.25) is 10.0 Å². The summed E-state index contributed by atoms with van der Waals surface area (Å²) < 4.78 is 7.08. The summed E-state index contributed by atoms with van der Waals surface area (Å²) in [5.74, 6) is 0.0634. The minimum absolute atomic E-state index is 0.0877. The van der Waals surface area contributed by atoms with Gasteiger partial charge in [0.05, 0.1) is 34.5 Å². The van der Waals surface area contributed by atoms with Crippen LogP contribution in [-0.4, -0.2) is 51.9 Å². The molecular weight excluding hydrogens is 665 g/mol. The zero-order valence-corrected chi connectivity index (χ0v) is 28.4. The number of primary amides is 1. The van der Waals surface area contributed by atoms with E-state index in [0.29, 0.717) is 52.3 Å².